The summed E-state index contributed by atoms with van der Waals surface area (Å²) in [6, 6.07) is 6.79. The molecule has 1 aromatic carbocycles. The van der Waals surface area contributed by atoms with Crippen molar-refractivity contribution in [2.45, 2.75) is 30.4 Å². The number of rotatable bonds is 7. The molecule has 0 saturated carbocycles. The lowest BCUT2D eigenvalue weighted by atomic mass is 10.2. The van der Waals surface area contributed by atoms with Gasteiger partial charge in [0.1, 0.15) is 0 Å². The first-order chi connectivity index (χ1) is 10.6. The molecule has 0 radical (unpaired) electrons. The summed E-state index contributed by atoms with van der Waals surface area (Å²) in [5.74, 6) is 1.86. The number of hydrogen-bond donors (Lipinski definition) is 1. The minimum absolute atomic E-state index is 0.0398. The van der Waals surface area contributed by atoms with Crippen molar-refractivity contribution in [3.05, 3.63) is 29.8 Å². The van der Waals surface area contributed by atoms with Crippen LogP contribution in [0.15, 0.2) is 29.2 Å². The fourth-order valence-corrected chi connectivity index (χ4v) is 5.61. The second-order valence-electron chi connectivity index (χ2n) is 5.29. The first-order valence-electron chi connectivity index (χ1n) is 7.38. The molecule has 1 aromatic rings. The van der Waals surface area contributed by atoms with Gasteiger partial charge in [-0.3, -0.25) is 0 Å². The van der Waals surface area contributed by atoms with E-state index < -0.39 is 10.0 Å². The van der Waals surface area contributed by atoms with E-state index in [1.807, 2.05) is 6.07 Å². The Morgan fingerprint density at radius 2 is 2.27 bits per heavy atom. The van der Waals surface area contributed by atoms with Crippen LogP contribution in [0.5, 0.6) is 0 Å². The van der Waals surface area contributed by atoms with Gasteiger partial charge in [0, 0.05) is 25.4 Å². The predicted molar refractivity (Wildman–Crippen MR) is 88.5 cm³/mol. The molecule has 1 aliphatic heterocycles. The molecule has 0 spiro atoms. The maximum Gasteiger partial charge on any atom is 0.243 e. The van der Waals surface area contributed by atoms with Crippen LogP contribution in [0.25, 0.3) is 0 Å². The topological polar surface area (TPSA) is 66.8 Å². The summed E-state index contributed by atoms with van der Waals surface area (Å²) >= 11 is 1.77. The zero-order valence-electron chi connectivity index (χ0n) is 12.8. The van der Waals surface area contributed by atoms with Crippen molar-refractivity contribution < 1.29 is 18.3 Å². The summed E-state index contributed by atoms with van der Waals surface area (Å²) in [5.41, 5.74) is 0.825. The van der Waals surface area contributed by atoms with Gasteiger partial charge < -0.3 is 9.84 Å². The lowest BCUT2D eigenvalue weighted by Gasteiger charge is -2.32. The molecule has 124 valence electrons. The van der Waals surface area contributed by atoms with E-state index >= 15 is 0 Å². The van der Waals surface area contributed by atoms with Crippen molar-refractivity contribution in [1.29, 1.82) is 0 Å². The molecule has 0 bridgehead atoms. The Bertz CT molecular complexity index is 571. The monoisotopic (exact) mass is 345 g/mol. The van der Waals surface area contributed by atoms with Gasteiger partial charge in [0.05, 0.1) is 18.1 Å². The van der Waals surface area contributed by atoms with Crippen LogP contribution in [0, 0.1) is 0 Å². The van der Waals surface area contributed by atoms with Crippen molar-refractivity contribution in [1.82, 2.24) is 4.31 Å². The summed E-state index contributed by atoms with van der Waals surface area (Å²) in [7, 11) is -2.02. The molecular formula is C15H23NO4S2. The molecule has 1 aliphatic rings. The number of hydrogen-bond acceptors (Lipinski definition) is 5. The first kappa shape index (κ1) is 17.7. The Kier molecular flexibility index (Phi) is 6.70. The molecule has 7 heteroatoms. The van der Waals surface area contributed by atoms with E-state index in [-0.39, 0.29) is 24.1 Å². The zero-order chi connectivity index (χ0) is 16.0. The Morgan fingerprint density at radius 1 is 1.45 bits per heavy atom. The Morgan fingerprint density at radius 3 is 2.91 bits per heavy atom. The van der Waals surface area contributed by atoms with Gasteiger partial charge in [-0.15, -0.1) is 0 Å². The Balaban J connectivity index is 2.29. The van der Waals surface area contributed by atoms with Gasteiger partial charge in [-0.1, -0.05) is 12.1 Å². The second-order valence-corrected chi connectivity index (χ2v) is 8.33. The second kappa shape index (κ2) is 8.31. The van der Waals surface area contributed by atoms with Gasteiger partial charge in [-0.05, 0) is 36.3 Å². The molecule has 1 N–H and O–H groups in total. The van der Waals surface area contributed by atoms with Crippen LogP contribution < -0.4 is 0 Å². The van der Waals surface area contributed by atoms with Crippen LogP contribution >= 0.6 is 11.8 Å². The maximum atomic E-state index is 12.9. The van der Waals surface area contributed by atoms with E-state index in [0.29, 0.717) is 6.61 Å². The van der Waals surface area contributed by atoms with Crippen molar-refractivity contribution in [3.63, 3.8) is 0 Å². The normalized spacial score (nSPS) is 19.5. The van der Waals surface area contributed by atoms with Gasteiger partial charge in [0.2, 0.25) is 10.0 Å². The van der Waals surface area contributed by atoms with Crippen molar-refractivity contribution in [3.8, 4) is 0 Å². The quantitative estimate of drug-likeness (QED) is 0.815. The van der Waals surface area contributed by atoms with Crippen LogP contribution in [0.1, 0.15) is 18.4 Å². The number of nitrogens with zero attached hydrogens (tertiary/aromatic N) is 1. The van der Waals surface area contributed by atoms with Gasteiger partial charge in [0.15, 0.2) is 0 Å². The van der Waals surface area contributed by atoms with E-state index in [9.17, 15) is 13.5 Å². The Labute approximate surface area is 136 Å². The first-order valence-corrected chi connectivity index (χ1v) is 9.97. The van der Waals surface area contributed by atoms with Gasteiger partial charge in [-0.2, -0.15) is 16.1 Å². The van der Waals surface area contributed by atoms with Crippen molar-refractivity contribution in [2.75, 3.05) is 31.8 Å². The number of methoxy groups -OCH3 is 1. The summed E-state index contributed by atoms with van der Waals surface area (Å²) in [4.78, 5) is 0.270. The molecule has 0 aromatic heterocycles. The highest BCUT2D eigenvalue weighted by Crippen LogP contribution is 2.27. The molecule has 0 aliphatic carbocycles. The number of sulfonamides is 1. The third-order valence-electron chi connectivity index (χ3n) is 3.68. The van der Waals surface area contributed by atoms with Crippen molar-refractivity contribution >= 4 is 21.8 Å². The Hall–Kier alpha value is -0.600. The van der Waals surface area contributed by atoms with Gasteiger partial charge >= 0.3 is 0 Å². The zero-order valence-corrected chi connectivity index (χ0v) is 14.4. The van der Waals surface area contributed by atoms with Crippen molar-refractivity contribution in [2.24, 2.45) is 0 Å². The molecule has 1 atom stereocenters. The van der Waals surface area contributed by atoms with Crippen LogP contribution in [-0.4, -0.2) is 55.6 Å². The fourth-order valence-electron chi connectivity index (χ4n) is 2.65. The molecule has 22 heavy (non-hydrogen) atoms. The molecule has 5 nitrogen and oxygen atoms in total. The van der Waals surface area contributed by atoms with Gasteiger partial charge in [-0.25, -0.2) is 8.42 Å². The number of aliphatic hydroxyl groups excluding tert-OH is 1. The number of ether oxygens (including phenoxy) is 1. The lowest BCUT2D eigenvalue weighted by Crippen LogP contribution is -2.44. The minimum atomic E-state index is -3.60. The number of aliphatic hydroxyl groups is 1. The van der Waals surface area contributed by atoms with Gasteiger partial charge in [0.25, 0.3) is 0 Å². The summed E-state index contributed by atoms with van der Waals surface area (Å²) < 4.78 is 32.4. The average molecular weight is 345 g/mol. The largest absolute Gasteiger partial charge is 0.395 e. The van der Waals surface area contributed by atoms with Crippen LogP contribution in [-0.2, 0) is 21.4 Å². The SMILES string of the molecule is COCc1cccc(S(=O)(=O)N(CCO)[C@H]2CCCSC2)c1. The third kappa shape index (κ3) is 4.23. The molecule has 0 amide bonds. The van der Waals surface area contributed by atoms with E-state index in [4.69, 9.17) is 4.74 Å². The summed E-state index contributed by atoms with van der Waals surface area (Å²) in [5, 5.41) is 9.28. The van der Waals surface area contributed by atoms with E-state index in [1.54, 1.807) is 37.1 Å². The minimum Gasteiger partial charge on any atom is -0.395 e. The van der Waals surface area contributed by atoms with E-state index in [1.165, 1.54) is 4.31 Å². The number of benzene rings is 1. The molecule has 1 heterocycles. The molecule has 1 saturated heterocycles. The van der Waals surface area contributed by atoms with Crippen LogP contribution in [0.4, 0.5) is 0 Å². The molecular weight excluding hydrogens is 322 g/mol. The standard InChI is InChI=1S/C15H23NO4S2/c1-20-11-13-4-2-6-15(10-13)22(18,19)16(7-8-17)14-5-3-9-21-12-14/h2,4,6,10,14,17H,3,5,7-9,11-12H2,1H3/t14-/m0/s1. The molecule has 1 fully saturated rings. The van der Waals surface area contributed by atoms with Crippen LogP contribution in [0.2, 0.25) is 0 Å². The summed E-state index contributed by atoms with van der Waals surface area (Å²) in [6.07, 6.45) is 1.86. The highest BCUT2D eigenvalue weighted by atomic mass is 32.2. The highest BCUT2D eigenvalue weighted by molar-refractivity contribution is 7.99. The predicted octanol–water partition coefficient (Wildman–Crippen LogP) is 1.71. The van der Waals surface area contributed by atoms with E-state index in [0.717, 1.165) is 29.9 Å². The third-order valence-corrected chi connectivity index (χ3v) is 6.83. The van der Waals surface area contributed by atoms with E-state index in [2.05, 4.69) is 0 Å². The fraction of sp³-hybridized carbons (Fsp3) is 0.600. The van der Waals surface area contributed by atoms with Crippen LogP contribution in [0.3, 0.4) is 0 Å². The highest BCUT2D eigenvalue weighted by Gasteiger charge is 2.32. The number of thioether (sulfide) groups is 1. The maximum absolute atomic E-state index is 12.9. The summed E-state index contributed by atoms with van der Waals surface area (Å²) in [6.45, 7) is 0.350. The smallest absolute Gasteiger partial charge is 0.243 e. The lowest BCUT2D eigenvalue weighted by molar-refractivity contribution is 0.184. The molecule has 0 unspecified atom stereocenters. The average Bonchev–Trinajstić information content (AvgIpc) is 2.54. The molecule has 2 rings (SSSR count).